The molecule has 0 aliphatic rings. The molecule has 0 aliphatic heterocycles. The second-order valence-electron chi connectivity index (χ2n) is 16.6. The Labute approximate surface area is 361 Å². The number of esters is 2. The largest absolute Gasteiger partial charge is 0.477 e. The molecule has 0 rings (SSSR count). The van der Waals surface area contributed by atoms with Crippen molar-refractivity contribution in [3.63, 3.8) is 0 Å². The molecule has 338 valence electrons. The van der Waals surface area contributed by atoms with Crippen molar-refractivity contribution in [2.75, 3.05) is 41.0 Å². The van der Waals surface area contributed by atoms with E-state index in [0.29, 0.717) is 19.3 Å². The zero-order valence-corrected chi connectivity index (χ0v) is 38.4. The van der Waals surface area contributed by atoms with Gasteiger partial charge in [0.25, 0.3) is 0 Å². The van der Waals surface area contributed by atoms with Gasteiger partial charge in [-0.2, -0.15) is 0 Å². The van der Waals surface area contributed by atoms with E-state index in [1.807, 2.05) is 21.1 Å². The third-order valence-electron chi connectivity index (χ3n) is 10.1. The number of hydrogen-bond acceptors (Lipinski definition) is 6. The molecule has 0 radical (unpaired) electrons. The van der Waals surface area contributed by atoms with Gasteiger partial charge in [0.2, 0.25) is 0 Å². The van der Waals surface area contributed by atoms with Crippen molar-refractivity contribution < 1.29 is 38.2 Å². The normalized spacial score (nSPS) is 13.6. The van der Waals surface area contributed by atoms with Gasteiger partial charge >= 0.3 is 17.9 Å². The minimum absolute atomic E-state index is 0.0511. The van der Waals surface area contributed by atoms with Gasteiger partial charge in [-0.25, -0.2) is 4.79 Å². The summed E-state index contributed by atoms with van der Waals surface area (Å²) in [6.45, 7) is 4.57. The van der Waals surface area contributed by atoms with Crippen LogP contribution >= 0.6 is 0 Å². The fraction of sp³-hybridized carbons (Fsp3) is 0.706. The number of nitrogens with zero attached hydrogens (tertiary/aromatic N) is 1. The van der Waals surface area contributed by atoms with Crippen LogP contribution in [0.3, 0.4) is 0 Å². The number of carbonyl (C=O) groups excluding carboxylic acids is 2. The van der Waals surface area contributed by atoms with E-state index in [4.69, 9.17) is 14.2 Å². The molecule has 0 spiro atoms. The Balaban J connectivity index is 4.28. The van der Waals surface area contributed by atoms with Crippen LogP contribution in [0.5, 0.6) is 0 Å². The van der Waals surface area contributed by atoms with Crippen LogP contribution in [-0.4, -0.2) is 80.6 Å². The van der Waals surface area contributed by atoms with Gasteiger partial charge in [-0.15, -0.1) is 0 Å². The Morgan fingerprint density at radius 3 is 1.42 bits per heavy atom. The van der Waals surface area contributed by atoms with Crippen molar-refractivity contribution >= 4 is 17.9 Å². The third kappa shape index (κ3) is 40.0. The molecule has 0 fully saturated rings. The lowest BCUT2D eigenvalue weighted by Crippen LogP contribution is -2.50. The van der Waals surface area contributed by atoms with E-state index in [0.717, 1.165) is 89.9 Å². The summed E-state index contributed by atoms with van der Waals surface area (Å²) < 4.78 is 17.3. The fourth-order valence-electron chi connectivity index (χ4n) is 6.46. The van der Waals surface area contributed by atoms with E-state index in [9.17, 15) is 19.5 Å². The summed E-state index contributed by atoms with van der Waals surface area (Å²) in [5, 5.41) is 9.62. The predicted molar refractivity (Wildman–Crippen MR) is 247 cm³/mol. The van der Waals surface area contributed by atoms with Crippen LogP contribution < -0.4 is 0 Å². The van der Waals surface area contributed by atoms with E-state index in [-0.39, 0.29) is 36.2 Å². The predicted octanol–water partition coefficient (Wildman–Crippen LogP) is 13.1. The highest BCUT2D eigenvalue weighted by atomic mass is 16.6. The Morgan fingerprint density at radius 1 is 0.525 bits per heavy atom. The maximum absolute atomic E-state index is 12.7. The van der Waals surface area contributed by atoms with E-state index < -0.39 is 18.1 Å². The first-order valence-electron chi connectivity index (χ1n) is 23.5. The molecule has 0 aliphatic carbocycles. The third-order valence-corrected chi connectivity index (χ3v) is 10.1. The van der Waals surface area contributed by atoms with E-state index in [1.54, 1.807) is 0 Å². The molecule has 0 saturated heterocycles. The lowest BCUT2D eigenvalue weighted by Gasteiger charge is -2.31. The molecule has 8 nitrogen and oxygen atoms in total. The maximum atomic E-state index is 12.7. The molecule has 2 unspecified atom stereocenters. The van der Waals surface area contributed by atoms with E-state index in [2.05, 4.69) is 86.8 Å². The number of rotatable bonds is 41. The summed E-state index contributed by atoms with van der Waals surface area (Å²) in [7, 11) is 5.52. The number of ether oxygens (including phenoxy) is 3. The molecule has 0 aromatic rings. The van der Waals surface area contributed by atoms with Crippen LogP contribution in [0.2, 0.25) is 0 Å². The molecule has 2 atom stereocenters. The highest BCUT2D eigenvalue weighted by Crippen LogP contribution is 2.13. The molecule has 0 bridgehead atoms. The smallest absolute Gasteiger partial charge is 0.362 e. The van der Waals surface area contributed by atoms with Crippen molar-refractivity contribution in [2.45, 2.75) is 193 Å². The minimum Gasteiger partial charge on any atom is -0.477 e. The molecule has 0 aromatic carbocycles. The molecule has 0 aromatic heterocycles. The number of unbranched alkanes of at least 4 members (excludes halogenated alkanes) is 15. The second kappa shape index (κ2) is 41.5. The summed E-state index contributed by atoms with van der Waals surface area (Å²) in [5.41, 5.74) is 0. The molecule has 59 heavy (non-hydrogen) atoms. The zero-order chi connectivity index (χ0) is 43.5. The SMILES string of the molecule is CC/C=C/C/C=C/C/C=C/C/C=C/C/C=C/CCCCCCCCCC(=O)OCC(COCCC(C(=O)O)[N+](C)(C)C)OC(=O)CCCCCCC/C=C/CCCCC. The van der Waals surface area contributed by atoms with Crippen molar-refractivity contribution in [3.8, 4) is 0 Å². The molecule has 0 saturated carbocycles. The van der Waals surface area contributed by atoms with Gasteiger partial charge in [-0.05, 0) is 83.5 Å². The number of likely N-dealkylation sites (N-methyl/N-ethyl adjacent to an activating group) is 1. The summed E-state index contributed by atoms with van der Waals surface area (Å²) in [6, 6.07) is -0.620. The fourth-order valence-corrected chi connectivity index (χ4v) is 6.46. The monoisotopic (exact) mass is 827 g/mol. The Hall–Kier alpha value is -3.23. The van der Waals surface area contributed by atoms with Gasteiger partial charge < -0.3 is 23.8 Å². The molecule has 0 heterocycles. The second-order valence-corrected chi connectivity index (χ2v) is 16.6. The maximum Gasteiger partial charge on any atom is 0.362 e. The number of carboxylic acids is 1. The van der Waals surface area contributed by atoms with E-state index in [1.165, 1.54) is 57.8 Å². The summed E-state index contributed by atoms with van der Waals surface area (Å²) in [6.07, 6.45) is 52.3. The number of aliphatic carboxylic acids is 1. The minimum atomic E-state index is -0.880. The van der Waals surface area contributed by atoms with Gasteiger partial charge in [0.15, 0.2) is 12.1 Å². The summed E-state index contributed by atoms with van der Waals surface area (Å²) >= 11 is 0. The number of carbonyl (C=O) groups is 3. The van der Waals surface area contributed by atoms with Gasteiger partial charge in [0, 0.05) is 19.3 Å². The molecule has 1 N–H and O–H groups in total. The van der Waals surface area contributed by atoms with Crippen LogP contribution in [0.1, 0.15) is 181 Å². The first-order chi connectivity index (χ1) is 28.6. The summed E-state index contributed by atoms with van der Waals surface area (Å²) in [4.78, 5) is 37.0. The van der Waals surface area contributed by atoms with E-state index >= 15 is 0 Å². The first-order valence-corrected chi connectivity index (χ1v) is 23.5. The quantitative estimate of drug-likeness (QED) is 0.0284. The Kier molecular flexibility index (Phi) is 39.2. The number of carboxylic acid groups (broad SMARTS) is 1. The molecular weight excluding hydrogens is 739 g/mol. The first kappa shape index (κ1) is 55.8. The molecule has 8 heteroatoms. The topological polar surface area (TPSA) is 99.1 Å². The highest BCUT2D eigenvalue weighted by Gasteiger charge is 2.31. The average molecular weight is 827 g/mol. The zero-order valence-electron chi connectivity index (χ0n) is 38.4. The van der Waals surface area contributed by atoms with Gasteiger partial charge in [-0.1, -0.05) is 151 Å². The van der Waals surface area contributed by atoms with Gasteiger partial charge in [-0.3, -0.25) is 9.59 Å². The van der Waals surface area contributed by atoms with Crippen molar-refractivity contribution in [2.24, 2.45) is 0 Å². The van der Waals surface area contributed by atoms with Crippen LogP contribution in [-0.2, 0) is 28.6 Å². The lowest BCUT2D eigenvalue weighted by atomic mass is 10.1. The molecule has 0 amide bonds. The van der Waals surface area contributed by atoms with Crippen molar-refractivity contribution in [1.29, 1.82) is 0 Å². The van der Waals surface area contributed by atoms with Crippen molar-refractivity contribution in [3.05, 3.63) is 72.9 Å². The number of quaternary nitrogens is 1. The van der Waals surface area contributed by atoms with Gasteiger partial charge in [0.1, 0.15) is 6.61 Å². The highest BCUT2D eigenvalue weighted by molar-refractivity contribution is 5.72. The summed E-state index contributed by atoms with van der Waals surface area (Å²) in [5.74, 6) is -1.50. The van der Waals surface area contributed by atoms with Crippen LogP contribution in [0.4, 0.5) is 0 Å². The Morgan fingerprint density at radius 2 is 0.949 bits per heavy atom. The van der Waals surface area contributed by atoms with Crippen LogP contribution in [0, 0.1) is 0 Å². The lowest BCUT2D eigenvalue weighted by molar-refractivity contribution is -0.887. The van der Waals surface area contributed by atoms with Gasteiger partial charge in [0.05, 0.1) is 34.4 Å². The van der Waals surface area contributed by atoms with Crippen LogP contribution in [0.25, 0.3) is 0 Å². The Bertz CT molecular complexity index is 1190. The number of hydrogen-bond donors (Lipinski definition) is 1. The number of allylic oxidation sites excluding steroid dienone is 12. The molecular formula is C51H88NO7+. The average Bonchev–Trinajstić information content (AvgIpc) is 3.19. The standard InChI is InChI=1S/C51H87NO7/c1-6-8-10-12-14-16-18-20-21-22-23-24-25-26-27-28-29-30-32-33-35-37-39-41-49(53)58-46-47(45-57-44-43-48(51(55)56)52(3,4)5)59-50(54)42-40-38-36-34-31-19-17-15-13-11-9-7-2/h8,10,14-17,20-21,23-24,26-27,47-48H,6-7,9,11-13,18-19,22,25,28-46H2,1-5H3/p+1/b10-8+,16-14+,17-15+,21-20+,24-23+,27-26+. The van der Waals surface area contributed by atoms with Crippen molar-refractivity contribution in [1.82, 2.24) is 0 Å². The van der Waals surface area contributed by atoms with Crippen LogP contribution in [0.15, 0.2) is 72.9 Å².